The Bertz CT molecular complexity index is 880. The van der Waals surface area contributed by atoms with Gasteiger partial charge in [0.2, 0.25) is 6.79 Å². The summed E-state index contributed by atoms with van der Waals surface area (Å²) in [6.45, 7) is 2.80. The highest BCUT2D eigenvalue weighted by molar-refractivity contribution is 5.97. The van der Waals surface area contributed by atoms with Crippen molar-refractivity contribution in [2.45, 2.75) is 18.9 Å². The van der Waals surface area contributed by atoms with Crippen molar-refractivity contribution >= 4 is 17.4 Å². The molecule has 2 aliphatic heterocycles. The van der Waals surface area contributed by atoms with Crippen molar-refractivity contribution in [2.24, 2.45) is 0 Å². The van der Waals surface area contributed by atoms with Crippen LogP contribution >= 0.6 is 0 Å². The number of fused-ring (bicyclic) bond motifs is 1. The molecule has 1 fully saturated rings. The number of benzene rings is 1. The van der Waals surface area contributed by atoms with E-state index >= 15 is 0 Å². The molecule has 1 aromatic carbocycles. The van der Waals surface area contributed by atoms with E-state index in [0.29, 0.717) is 25.4 Å². The zero-order valence-electron chi connectivity index (χ0n) is 14.5. The van der Waals surface area contributed by atoms with E-state index in [-0.39, 0.29) is 29.7 Å². The Morgan fingerprint density at radius 2 is 1.96 bits per heavy atom. The minimum atomic E-state index is -0.731. The number of carbonyl (C=O) groups is 1. The number of pyridine rings is 1. The molecule has 3 heterocycles. The van der Waals surface area contributed by atoms with Gasteiger partial charge in [-0.3, -0.25) is 4.79 Å². The molecule has 0 bridgehead atoms. The summed E-state index contributed by atoms with van der Waals surface area (Å²) < 4.78 is 42.9. The molecule has 0 radical (unpaired) electrons. The van der Waals surface area contributed by atoms with Crippen LogP contribution in [0.25, 0.3) is 0 Å². The highest BCUT2D eigenvalue weighted by Gasteiger charge is 2.34. The molecule has 4 rings (SSSR count). The molecule has 0 aliphatic carbocycles. The summed E-state index contributed by atoms with van der Waals surface area (Å²) in [4.78, 5) is 17.0. The van der Waals surface area contributed by atoms with Crippen molar-refractivity contribution in [3.8, 4) is 11.5 Å². The van der Waals surface area contributed by atoms with Gasteiger partial charge in [0.25, 0.3) is 5.91 Å². The Morgan fingerprint density at radius 1 is 1.19 bits per heavy atom. The third-order valence-corrected chi connectivity index (χ3v) is 4.34. The quantitative estimate of drug-likeness (QED) is 0.853. The first-order valence-electron chi connectivity index (χ1n) is 8.36. The van der Waals surface area contributed by atoms with E-state index in [0.717, 1.165) is 18.2 Å². The van der Waals surface area contributed by atoms with Crippen LogP contribution in [-0.4, -0.2) is 36.4 Å². The number of nitrogens with zero attached hydrogens (tertiary/aromatic N) is 1. The van der Waals surface area contributed by atoms with E-state index in [1.807, 2.05) is 6.92 Å². The van der Waals surface area contributed by atoms with Crippen LogP contribution in [0, 0.1) is 11.6 Å². The van der Waals surface area contributed by atoms with Gasteiger partial charge < -0.3 is 24.8 Å². The topological polar surface area (TPSA) is 81.7 Å². The number of ether oxygens (including phenoxy) is 3. The van der Waals surface area contributed by atoms with Crippen molar-refractivity contribution in [3.63, 3.8) is 0 Å². The van der Waals surface area contributed by atoms with Gasteiger partial charge in [-0.05, 0) is 25.5 Å². The van der Waals surface area contributed by atoms with Crippen molar-refractivity contribution < 1.29 is 27.8 Å². The van der Waals surface area contributed by atoms with Crippen LogP contribution in [-0.2, 0) is 4.74 Å². The Labute approximate surface area is 153 Å². The maximum Gasteiger partial charge on any atom is 0.274 e. The fourth-order valence-electron chi connectivity index (χ4n) is 3.00. The second-order valence-electron chi connectivity index (χ2n) is 6.69. The molecule has 2 aliphatic rings. The van der Waals surface area contributed by atoms with Crippen molar-refractivity contribution in [2.75, 3.05) is 25.3 Å². The fraction of sp³-hybridized carbons (Fsp3) is 0.333. The molecular formula is C18H17F2N3O4. The molecule has 1 saturated heterocycles. The van der Waals surface area contributed by atoms with Gasteiger partial charge in [0.05, 0.1) is 12.1 Å². The number of aromatic nitrogens is 1. The summed E-state index contributed by atoms with van der Waals surface area (Å²) in [5.41, 5.74) is -0.320. The SMILES string of the molecule is CC1(NC(=O)c2nc(Nc3cc(F)cc(F)c3)cc3c2OCO3)CCOC1. The zero-order valence-corrected chi connectivity index (χ0v) is 14.5. The Hall–Kier alpha value is -2.94. The van der Waals surface area contributed by atoms with Crippen LogP contribution in [0.5, 0.6) is 11.5 Å². The van der Waals surface area contributed by atoms with Crippen LogP contribution in [0.2, 0.25) is 0 Å². The summed E-state index contributed by atoms with van der Waals surface area (Å²) in [5.74, 6) is -1.16. The summed E-state index contributed by atoms with van der Waals surface area (Å²) in [6, 6.07) is 4.50. The number of nitrogens with one attached hydrogen (secondary N) is 2. The Kier molecular flexibility index (Phi) is 4.31. The largest absolute Gasteiger partial charge is 0.453 e. The van der Waals surface area contributed by atoms with E-state index in [4.69, 9.17) is 14.2 Å². The van der Waals surface area contributed by atoms with Gasteiger partial charge in [0, 0.05) is 24.4 Å². The van der Waals surface area contributed by atoms with Gasteiger partial charge in [-0.1, -0.05) is 0 Å². The Balaban J connectivity index is 1.64. The van der Waals surface area contributed by atoms with Gasteiger partial charge in [-0.25, -0.2) is 13.8 Å². The van der Waals surface area contributed by atoms with Crippen LogP contribution in [0.4, 0.5) is 20.3 Å². The predicted molar refractivity (Wildman–Crippen MR) is 91.3 cm³/mol. The summed E-state index contributed by atoms with van der Waals surface area (Å²) in [6.07, 6.45) is 0.679. The lowest BCUT2D eigenvalue weighted by atomic mass is 10.0. The van der Waals surface area contributed by atoms with Gasteiger partial charge in [-0.15, -0.1) is 0 Å². The van der Waals surface area contributed by atoms with Crippen LogP contribution in [0.15, 0.2) is 24.3 Å². The third kappa shape index (κ3) is 3.63. The molecule has 7 nitrogen and oxygen atoms in total. The lowest BCUT2D eigenvalue weighted by molar-refractivity contribution is 0.0880. The molecule has 27 heavy (non-hydrogen) atoms. The number of hydrogen-bond donors (Lipinski definition) is 2. The van der Waals surface area contributed by atoms with Crippen molar-refractivity contribution in [1.29, 1.82) is 0 Å². The smallest absolute Gasteiger partial charge is 0.274 e. The van der Waals surface area contributed by atoms with E-state index in [1.165, 1.54) is 6.07 Å². The number of amides is 1. The monoisotopic (exact) mass is 377 g/mol. The van der Waals surface area contributed by atoms with Crippen LogP contribution in [0.1, 0.15) is 23.8 Å². The van der Waals surface area contributed by atoms with Crippen molar-refractivity contribution in [3.05, 3.63) is 41.6 Å². The predicted octanol–water partition coefficient (Wildman–Crippen LogP) is 2.74. The fourth-order valence-corrected chi connectivity index (χ4v) is 3.00. The summed E-state index contributed by atoms with van der Waals surface area (Å²) in [7, 11) is 0. The molecule has 2 aromatic rings. The van der Waals surface area contributed by atoms with Gasteiger partial charge in [0.1, 0.15) is 17.5 Å². The van der Waals surface area contributed by atoms with E-state index in [2.05, 4.69) is 15.6 Å². The molecule has 9 heteroatoms. The first-order valence-corrected chi connectivity index (χ1v) is 8.36. The molecule has 0 spiro atoms. The molecule has 142 valence electrons. The molecule has 1 aromatic heterocycles. The van der Waals surface area contributed by atoms with Crippen LogP contribution < -0.4 is 20.1 Å². The first-order chi connectivity index (χ1) is 12.9. The van der Waals surface area contributed by atoms with Gasteiger partial charge >= 0.3 is 0 Å². The lowest BCUT2D eigenvalue weighted by Gasteiger charge is -2.23. The lowest BCUT2D eigenvalue weighted by Crippen LogP contribution is -2.46. The maximum atomic E-state index is 13.4. The maximum absolute atomic E-state index is 13.4. The molecule has 2 N–H and O–H groups in total. The number of carbonyl (C=O) groups excluding carboxylic acids is 1. The number of anilines is 2. The average Bonchev–Trinajstić information content (AvgIpc) is 3.22. The van der Waals surface area contributed by atoms with E-state index in [1.54, 1.807) is 0 Å². The molecule has 1 atom stereocenters. The molecule has 1 unspecified atom stereocenters. The standard InChI is InChI=1S/C18H17F2N3O4/c1-18(2-3-25-8-18)23-17(24)15-16-13(26-9-27-16)7-14(22-15)21-12-5-10(19)4-11(20)6-12/h4-7H,2-3,8-9H2,1H3,(H,21,22)(H,23,24). The van der Waals surface area contributed by atoms with Crippen molar-refractivity contribution in [1.82, 2.24) is 10.3 Å². The number of rotatable bonds is 4. The minimum Gasteiger partial charge on any atom is -0.453 e. The zero-order chi connectivity index (χ0) is 19.0. The third-order valence-electron chi connectivity index (χ3n) is 4.34. The number of halogens is 2. The first kappa shape index (κ1) is 17.5. The van der Waals surface area contributed by atoms with E-state index in [9.17, 15) is 13.6 Å². The molecular weight excluding hydrogens is 360 g/mol. The highest BCUT2D eigenvalue weighted by atomic mass is 19.1. The van der Waals surface area contributed by atoms with E-state index < -0.39 is 23.1 Å². The molecule has 0 saturated carbocycles. The van der Waals surface area contributed by atoms with Gasteiger partial charge in [0.15, 0.2) is 17.2 Å². The normalized spacial score (nSPS) is 20.6. The van der Waals surface area contributed by atoms with Crippen LogP contribution in [0.3, 0.4) is 0 Å². The molecule has 1 amide bonds. The Morgan fingerprint density at radius 3 is 2.67 bits per heavy atom. The highest BCUT2D eigenvalue weighted by Crippen LogP contribution is 2.37. The van der Waals surface area contributed by atoms with Gasteiger partial charge in [-0.2, -0.15) is 0 Å². The minimum absolute atomic E-state index is 0.0255. The number of hydrogen-bond acceptors (Lipinski definition) is 6. The second-order valence-corrected chi connectivity index (χ2v) is 6.69. The summed E-state index contributed by atoms with van der Waals surface area (Å²) in [5, 5.41) is 5.68. The average molecular weight is 377 g/mol. The summed E-state index contributed by atoms with van der Waals surface area (Å²) >= 11 is 0. The second kappa shape index (κ2) is 6.66.